The molecule has 0 spiro atoms. The molecule has 1 nitrogen and oxygen atoms in total. The van der Waals surface area contributed by atoms with Gasteiger partial charge in [-0.2, -0.15) is 0 Å². The van der Waals surface area contributed by atoms with E-state index in [0.717, 1.165) is 11.1 Å². The van der Waals surface area contributed by atoms with Crippen LogP contribution in [-0.4, -0.2) is 7.11 Å². The maximum atomic E-state index is 5.97. The molecule has 106 valence electrons. The van der Waals surface area contributed by atoms with E-state index in [1.165, 1.54) is 21.9 Å². The van der Waals surface area contributed by atoms with E-state index in [2.05, 4.69) is 72.5 Å². The van der Waals surface area contributed by atoms with E-state index in [9.17, 15) is 0 Å². The largest absolute Gasteiger partial charge is 0.357 e. The Morgan fingerprint density at radius 2 is 1.50 bits per heavy atom. The highest BCUT2D eigenvalue weighted by Crippen LogP contribution is 2.50. The third-order valence-electron chi connectivity index (χ3n) is 4.47. The van der Waals surface area contributed by atoms with Gasteiger partial charge in [0.2, 0.25) is 0 Å². The van der Waals surface area contributed by atoms with Crippen molar-refractivity contribution < 1.29 is 4.74 Å². The Balaban J connectivity index is 2.16. The van der Waals surface area contributed by atoms with Crippen LogP contribution in [0.5, 0.6) is 0 Å². The maximum absolute atomic E-state index is 5.97. The average molecular weight is 284 g/mol. The lowest BCUT2D eigenvalue weighted by Gasteiger charge is -2.24. The second-order valence-electron chi connectivity index (χ2n) is 5.55. The molecule has 0 amide bonds. The summed E-state index contributed by atoms with van der Waals surface area (Å²) in [6.07, 6.45) is 0. The molecular formula is C21H16O. The lowest BCUT2D eigenvalue weighted by atomic mass is 9.90. The number of methoxy groups -OCH3 is 1. The Hall–Kier alpha value is -2.56. The maximum Gasteiger partial charge on any atom is 0.180 e. The van der Waals surface area contributed by atoms with Crippen LogP contribution < -0.4 is 0 Å². The summed E-state index contributed by atoms with van der Waals surface area (Å²) in [5.41, 5.74) is 4.05. The number of fused-ring (bicyclic) bond motifs is 4. The summed E-state index contributed by atoms with van der Waals surface area (Å²) in [6.45, 7) is 1.86. The lowest BCUT2D eigenvalue weighted by Crippen LogP contribution is -2.25. The Kier molecular flexibility index (Phi) is 2.82. The van der Waals surface area contributed by atoms with E-state index in [1.807, 2.05) is 6.92 Å². The second kappa shape index (κ2) is 4.73. The monoisotopic (exact) mass is 284 g/mol. The summed E-state index contributed by atoms with van der Waals surface area (Å²) in [5, 5.41) is 2.46. The standard InChI is InChI=1S/C21H16O/c1-3-12-21(22-2)19-11-7-6-10-17(19)18-13-15-8-4-5-9-16(15)14-20(18)21/h4-11,13-14H,1-2H3. The fourth-order valence-corrected chi connectivity index (χ4v) is 3.51. The van der Waals surface area contributed by atoms with E-state index in [1.54, 1.807) is 7.11 Å². The molecule has 1 aliphatic carbocycles. The molecule has 0 saturated carbocycles. The first kappa shape index (κ1) is 13.1. The zero-order valence-electron chi connectivity index (χ0n) is 12.7. The molecule has 0 aliphatic heterocycles. The fourth-order valence-electron chi connectivity index (χ4n) is 3.51. The van der Waals surface area contributed by atoms with Crippen LogP contribution in [0.2, 0.25) is 0 Å². The summed E-state index contributed by atoms with van der Waals surface area (Å²) in [5.74, 6) is 6.37. The molecule has 3 aromatic rings. The van der Waals surface area contributed by atoms with Crippen molar-refractivity contribution in [1.82, 2.24) is 0 Å². The van der Waals surface area contributed by atoms with Crippen LogP contribution in [0.25, 0.3) is 21.9 Å². The predicted molar refractivity (Wildman–Crippen MR) is 90.6 cm³/mol. The highest BCUT2D eigenvalue weighted by atomic mass is 16.5. The van der Waals surface area contributed by atoms with Gasteiger partial charge < -0.3 is 4.74 Å². The number of ether oxygens (including phenoxy) is 1. The molecule has 0 saturated heterocycles. The molecule has 4 rings (SSSR count). The first-order valence-corrected chi connectivity index (χ1v) is 7.42. The Morgan fingerprint density at radius 3 is 2.23 bits per heavy atom. The molecule has 0 bridgehead atoms. The van der Waals surface area contributed by atoms with Gasteiger partial charge in [-0.25, -0.2) is 0 Å². The zero-order chi connectivity index (χ0) is 15.2. The van der Waals surface area contributed by atoms with Crippen LogP contribution in [0.3, 0.4) is 0 Å². The van der Waals surface area contributed by atoms with Crippen molar-refractivity contribution >= 4 is 10.8 Å². The van der Waals surface area contributed by atoms with Gasteiger partial charge in [-0.05, 0) is 41.0 Å². The fraction of sp³-hybridized carbons (Fsp3) is 0.143. The first-order valence-electron chi connectivity index (χ1n) is 7.42. The highest BCUT2D eigenvalue weighted by Gasteiger charge is 2.42. The smallest absolute Gasteiger partial charge is 0.180 e. The Labute approximate surface area is 130 Å². The molecule has 1 heteroatoms. The Bertz CT molecular complexity index is 943. The predicted octanol–water partition coefficient (Wildman–Crippen LogP) is 4.73. The molecule has 1 aliphatic rings. The molecule has 0 fully saturated rings. The van der Waals surface area contributed by atoms with Gasteiger partial charge in [0.25, 0.3) is 0 Å². The quantitative estimate of drug-likeness (QED) is 0.587. The van der Waals surface area contributed by atoms with Crippen molar-refractivity contribution in [2.24, 2.45) is 0 Å². The molecule has 0 radical (unpaired) electrons. The third kappa shape index (κ3) is 1.59. The van der Waals surface area contributed by atoms with Crippen LogP contribution >= 0.6 is 0 Å². The molecule has 1 atom stereocenters. The van der Waals surface area contributed by atoms with Crippen LogP contribution in [-0.2, 0) is 10.3 Å². The van der Waals surface area contributed by atoms with Crippen molar-refractivity contribution in [2.75, 3.05) is 7.11 Å². The topological polar surface area (TPSA) is 9.23 Å². The van der Waals surface area contributed by atoms with Gasteiger partial charge in [0, 0.05) is 18.2 Å². The summed E-state index contributed by atoms with van der Waals surface area (Å²) in [4.78, 5) is 0. The molecule has 0 aromatic heterocycles. The third-order valence-corrected chi connectivity index (χ3v) is 4.47. The molecule has 0 heterocycles. The summed E-state index contributed by atoms with van der Waals surface area (Å²) in [7, 11) is 1.74. The molecule has 1 unspecified atom stereocenters. The van der Waals surface area contributed by atoms with Gasteiger partial charge in [0.05, 0.1) is 0 Å². The SMILES string of the molecule is CC#CC1(OC)c2ccccc2-c2cc3ccccc3cc21. The second-order valence-corrected chi connectivity index (χ2v) is 5.55. The van der Waals surface area contributed by atoms with E-state index >= 15 is 0 Å². The first-order chi connectivity index (χ1) is 10.8. The van der Waals surface area contributed by atoms with E-state index in [0.29, 0.717) is 0 Å². The van der Waals surface area contributed by atoms with Gasteiger partial charge in [0.15, 0.2) is 5.60 Å². The van der Waals surface area contributed by atoms with Gasteiger partial charge in [-0.3, -0.25) is 0 Å². The van der Waals surface area contributed by atoms with E-state index < -0.39 is 5.60 Å². The molecule has 22 heavy (non-hydrogen) atoms. The van der Waals surface area contributed by atoms with Crippen LogP contribution in [0.15, 0.2) is 60.7 Å². The number of benzene rings is 3. The normalized spacial score (nSPS) is 18.5. The van der Waals surface area contributed by atoms with Crippen molar-refractivity contribution in [3.8, 4) is 23.0 Å². The van der Waals surface area contributed by atoms with Crippen molar-refractivity contribution in [3.05, 3.63) is 71.8 Å². The van der Waals surface area contributed by atoms with Crippen molar-refractivity contribution in [1.29, 1.82) is 0 Å². The molecular weight excluding hydrogens is 268 g/mol. The number of hydrogen-bond donors (Lipinski definition) is 0. The minimum absolute atomic E-state index is 0.662. The van der Waals surface area contributed by atoms with E-state index in [-0.39, 0.29) is 0 Å². The minimum Gasteiger partial charge on any atom is -0.357 e. The van der Waals surface area contributed by atoms with Gasteiger partial charge >= 0.3 is 0 Å². The van der Waals surface area contributed by atoms with E-state index in [4.69, 9.17) is 4.74 Å². The number of rotatable bonds is 1. The molecule has 3 aromatic carbocycles. The van der Waals surface area contributed by atoms with Crippen LogP contribution in [0, 0.1) is 11.8 Å². The summed E-state index contributed by atoms with van der Waals surface area (Å²) < 4.78 is 5.97. The van der Waals surface area contributed by atoms with Crippen LogP contribution in [0.4, 0.5) is 0 Å². The average Bonchev–Trinajstić information content (AvgIpc) is 2.84. The van der Waals surface area contributed by atoms with Crippen molar-refractivity contribution in [3.63, 3.8) is 0 Å². The minimum atomic E-state index is -0.662. The lowest BCUT2D eigenvalue weighted by molar-refractivity contribution is 0.0782. The Morgan fingerprint density at radius 1 is 0.818 bits per heavy atom. The van der Waals surface area contributed by atoms with Gasteiger partial charge in [-0.15, -0.1) is 5.92 Å². The van der Waals surface area contributed by atoms with Gasteiger partial charge in [-0.1, -0.05) is 54.5 Å². The summed E-state index contributed by atoms with van der Waals surface area (Å²) in [6, 6.07) is 21.3. The van der Waals surface area contributed by atoms with Crippen molar-refractivity contribution in [2.45, 2.75) is 12.5 Å². The van der Waals surface area contributed by atoms with Crippen LogP contribution in [0.1, 0.15) is 18.1 Å². The number of hydrogen-bond acceptors (Lipinski definition) is 1. The van der Waals surface area contributed by atoms with Gasteiger partial charge in [0.1, 0.15) is 0 Å². The summed E-state index contributed by atoms with van der Waals surface area (Å²) >= 11 is 0. The molecule has 0 N–H and O–H groups in total. The highest BCUT2D eigenvalue weighted by molar-refractivity contribution is 5.94. The zero-order valence-corrected chi connectivity index (χ0v) is 12.7.